The highest BCUT2D eigenvalue weighted by Gasteiger charge is 2.27. The van der Waals surface area contributed by atoms with Gasteiger partial charge in [-0.15, -0.1) is 11.3 Å². The number of nitrogens with zero attached hydrogens (tertiary/aromatic N) is 3. The lowest BCUT2D eigenvalue weighted by Crippen LogP contribution is -2.44. The quantitative estimate of drug-likeness (QED) is 0.902. The minimum Gasteiger partial charge on any atom is -0.394 e. The number of aliphatic hydroxyl groups excluding tert-OH is 1. The van der Waals surface area contributed by atoms with Crippen LogP contribution in [0.4, 0.5) is 0 Å². The number of fused-ring (bicyclic) bond motifs is 1. The van der Waals surface area contributed by atoms with Gasteiger partial charge in [-0.2, -0.15) is 0 Å². The van der Waals surface area contributed by atoms with Crippen molar-refractivity contribution in [2.75, 3.05) is 13.2 Å². The molecule has 6 nitrogen and oxygen atoms in total. The molecule has 0 aliphatic carbocycles. The molecule has 0 saturated carbocycles. The molecule has 2 aromatic rings. The zero-order valence-corrected chi connectivity index (χ0v) is 12.4. The maximum atomic E-state index is 12.7. The van der Waals surface area contributed by atoms with Crippen molar-refractivity contribution in [3.8, 4) is 0 Å². The monoisotopic (exact) mass is 307 g/mol. The fourth-order valence-corrected chi connectivity index (χ4v) is 3.44. The van der Waals surface area contributed by atoms with E-state index >= 15 is 0 Å². The molecular formula is C14H17N3O3S. The van der Waals surface area contributed by atoms with Gasteiger partial charge >= 0.3 is 0 Å². The third kappa shape index (κ3) is 2.58. The Labute approximate surface area is 125 Å². The second kappa shape index (κ2) is 5.95. The lowest BCUT2D eigenvalue weighted by molar-refractivity contribution is 0.0597. The molecule has 1 amide bonds. The zero-order valence-electron chi connectivity index (χ0n) is 11.6. The first-order valence-electron chi connectivity index (χ1n) is 7.09. The molecule has 3 rings (SSSR count). The Bertz CT molecular complexity index is 709. The van der Waals surface area contributed by atoms with Crippen LogP contribution in [0, 0.1) is 0 Å². The van der Waals surface area contributed by atoms with Crippen molar-refractivity contribution >= 4 is 22.2 Å². The smallest absolute Gasteiger partial charge is 0.271 e. The fraction of sp³-hybridized carbons (Fsp3) is 0.500. The Kier molecular flexibility index (Phi) is 4.03. The summed E-state index contributed by atoms with van der Waals surface area (Å²) < 4.78 is 1.39. The van der Waals surface area contributed by atoms with Crippen LogP contribution in [0.3, 0.4) is 0 Å². The number of thiazole rings is 1. The van der Waals surface area contributed by atoms with Crippen molar-refractivity contribution in [1.82, 2.24) is 14.3 Å². The number of amides is 1. The summed E-state index contributed by atoms with van der Waals surface area (Å²) in [7, 11) is 0. The summed E-state index contributed by atoms with van der Waals surface area (Å²) >= 11 is 1.35. The molecule has 1 saturated heterocycles. The molecule has 2 aromatic heterocycles. The first kappa shape index (κ1) is 14.2. The number of carbonyl (C=O) groups excluding carboxylic acids is 1. The van der Waals surface area contributed by atoms with Gasteiger partial charge in [0.05, 0.1) is 12.6 Å². The van der Waals surface area contributed by atoms with Crippen molar-refractivity contribution in [2.45, 2.75) is 31.7 Å². The maximum Gasteiger partial charge on any atom is 0.271 e. The third-order valence-corrected chi connectivity index (χ3v) is 4.69. The molecule has 1 atom stereocenters. The van der Waals surface area contributed by atoms with E-state index in [9.17, 15) is 14.7 Å². The number of aromatic nitrogens is 2. The van der Waals surface area contributed by atoms with Gasteiger partial charge in [0, 0.05) is 24.3 Å². The minimum absolute atomic E-state index is 0.0683. The largest absolute Gasteiger partial charge is 0.394 e. The molecule has 0 aromatic carbocycles. The van der Waals surface area contributed by atoms with Gasteiger partial charge in [0.15, 0.2) is 4.96 Å². The molecular weight excluding hydrogens is 290 g/mol. The lowest BCUT2D eigenvalue weighted by atomic mass is 10.1. The zero-order chi connectivity index (χ0) is 14.8. The summed E-state index contributed by atoms with van der Waals surface area (Å²) in [5, 5.41) is 11.3. The second-order valence-electron chi connectivity index (χ2n) is 5.22. The molecule has 1 fully saturated rings. The van der Waals surface area contributed by atoms with Gasteiger partial charge in [0.2, 0.25) is 0 Å². The van der Waals surface area contributed by atoms with E-state index in [0.717, 1.165) is 25.7 Å². The van der Waals surface area contributed by atoms with Gasteiger partial charge in [-0.1, -0.05) is 12.8 Å². The van der Waals surface area contributed by atoms with Gasteiger partial charge < -0.3 is 10.0 Å². The summed E-state index contributed by atoms with van der Waals surface area (Å²) in [5.74, 6) is -0.325. The Balaban J connectivity index is 1.98. The minimum atomic E-state index is -0.341. The molecule has 21 heavy (non-hydrogen) atoms. The predicted octanol–water partition coefficient (Wildman–Crippen LogP) is 1.13. The SMILES string of the molecule is O=C(c1cnc2sccn2c1=O)N1CCCCCC1CO. The first-order chi connectivity index (χ1) is 10.2. The highest BCUT2D eigenvalue weighted by molar-refractivity contribution is 7.15. The molecule has 0 bridgehead atoms. The fourth-order valence-electron chi connectivity index (χ4n) is 2.76. The van der Waals surface area contributed by atoms with Gasteiger partial charge in [-0.3, -0.25) is 14.0 Å². The van der Waals surface area contributed by atoms with E-state index in [4.69, 9.17) is 0 Å². The number of aliphatic hydroxyl groups is 1. The summed E-state index contributed by atoms with van der Waals surface area (Å²) in [6, 6.07) is -0.206. The highest BCUT2D eigenvalue weighted by Crippen LogP contribution is 2.18. The van der Waals surface area contributed by atoms with E-state index in [1.54, 1.807) is 16.5 Å². The molecule has 0 spiro atoms. The molecule has 1 aliphatic rings. The molecule has 0 radical (unpaired) electrons. The number of rotatable bonds is 2. The van der Waals surface area contributed by atoms with Crippen LogP contribution >= 0.6 is 11.3 Å². The molecule has 1 aliphatic heterocycles. The standard InChI is InChI=1S/C14H17N3O3S/c18-9-10-4-2-1-3-5-16(10)12(19)11-8-15-14-17(13(11)20)6-7-21-14/h6-8,10,18H,1-5,9H2. The van der Waals surface area contributed by atoms with E-state index < -0.39 is 0 Å². The highest BCUT2D eigenvalue weighted by atomic mass is 32.1. The van der Waals surface area contributed by atoms with Crippen LogP contribution in [0.25, 0.3) is 4.96 Å². The van der Waals surface area contributed by atoms with Crippen LogP contribution in [0.15, 0.2) is 22.6 Å². The van der Waals surface area contributed by atoms with Crippen LogP contribution in [-0.2, 0) is 0 Å². The molecule has 1 unspecified atom stereocenters. The van der Waals surface area contributed by atoms with Crippen LogP contribution in [0.2, 0.25) is 0 Å². The van der Waals surface area contributed by atoms with E-state index in [0.29, 0.717) is 11.5 Å². The first-order valence-corrected chi connectivity index (χ1v) is 7.97. The van der Waals surface area contributed by atoms with Crippen LogP contribution < -0.4 is 5.56 Å². The second-order valence-corrected chi connectivity index (χ2v) is 6.09. The average Bonchev–Trinajstić information content (AvgIpc) is 2.85. The Hall–Kier alpha value is -1.73. The van der Waals surface area contributed by atoms with E-state index in [1.807, 2.05) is 0 Å². The average molecular weight is 307 g/mol. The van der Waals surface area contributed by atoms with Crippen LogP contribution in [-0.4, -0.2) is 44.5 Å². The summed E-state index contributed by atoms with van der Waals surface area (Å²) in [5.41, 5.74) is -0.265. The van der Waals surface area contributed by atoms with Crippen molar-refractivity contribution in [1.29, 1.82) is 0 Å². The van der Waals surface area contributed by atoms with Crippen molar-refractivity contribution in [3.63, 3.8) is 0 Å². The van der Waals surface area contributed by atoms with Crippen molar-refractivity contribution in [3.05, 3.63) is 33.7 Å². The number of hydrogen-bond donors (Lipinski definition) is 1. The normalized spacial score (nSPS) is 19.7. The maximum absolute atomic E-state index is 12.7. The molecule has 112 valence electrons. The number of hydrogen-bond acceptors (Lipinski definition) is 5. The van der Waals surface area contributed by atoms with Crippen LogP contribution in [0.5, 0.6) is 0 Å². The summed E-state index contributed by atoms with van der Waals surface area (Å²) in [6.45, 7) is 0.511. The summed E-state index contributed by atoms with van der Waals surface area (Å²) in [4.78, 5) is 31.4. The van der Waals surface area contributed by atoms with Gasteiger partial charge in [0.1, 0.15) is 5.56 Å². The van der Waals surface area contributed by atoms with E-state index in [2.05, 4.69) is 4.98 Å². The van der Waals surface area contributed by atoms with Crippen LogP contribution in [0.1, 0.15) is 36.0 Å². The number of likely N-dealkylation sites (tertiary alicyclic amines) is 1. The van der Waals surface area contributed by atoms with Crippen molar-refractivity contribution < 1.29 is 9.90 Å². The number of carbonyl (C=O) groups is 1. The Morgan fingerprint density at radius 2 is 2.29 bits per heavy atom. The molecule has 3 heterocycles. The Morgan fingerprint density at radius 1 is 1.43 bits per heavy atom. The van der Waals surface area contributed by atoms with Gasteiger partial charge in [-0.25, -0.2) is 4.98 Å². The van der Waals surface area contributed by atoms with E-state index in [-0.39, 0.29) is 29.7 Å². The van der Waals surface area contributed by atoms with Crippen molar-refractivity contribution in [2.24, 2.45) is 0 Å². The lowest BCUT2D eigenvalue weighted by Gasteiger charge is -2.28. The molecule has 7 heteroatoms. The Morgan fingerprint density at radius 3 is 3.10 bits per heavy atom. The third-order valence-electron chi connectivity index (χ3n) is 3.92. The predicted molar refractivity (Wildman–Crippen MR) is 79.7 cm³/mol. The summed E-state index contributed by atoms with van der Waals surface area (Å²) in [6.07, 6.45) is 6.69. The molecule has 1 N–H and O–H groups in total. The van der Waals surface area contributed by atoms with Gasteiger partial charge in [-0.05, 0) is 12.8 Å². The van der Waals surface area contributed by atoms with Gasteiger partial charge in [0.25, 0.3) is 11.5 Å². The topological polar surface area (TPSA) is 74.9 Å². The van der Waals surface area contributed by atoms with E-state index in [1.165, 1.54) is 21.9 Å².